The van der Waals surface area contributed by atoms with Crippen LogP contribution in [0.15, 0.2) is 58.6 Å². The van der Waals surface area contributed by atoms with Crippen LogP contribution in [-0.4, -0.2) is 19.1 Å². The van der Waals surface area contributed by atoms with E-state index in [2.05, 4.69) is 15.9 Å². The Kier molecular flexibility index (Phi) is 6.41. The van der Waals surface area contributed by atoms with Gasteiger partial charge in [-0.3, -0.25) is 4.79 Å². The second kappa shape index (κ2) is 8.75. The molecule has 2 rings (SSSR count). The molecule has 0 atom stereocenters. The number of benzene rings is 2. The lowest BCUT2D eigenvalue weighted by Gasteiger charge is -2.10. The average molecular weight is 387 g/mol. The zero-order chi connectivity index (χ0) is 17.4. The molecule has 0 unspecified atom stereocenters. The summed E-state index contributed by atoms with van der Waals surface area (Å²) in [6.45, 7) is 0.681. The first kappa shape index (κ1) is 17.6. The number of carbonyl (C=O) groups is 1. The number of halogens is 1. The van der Waals surface area contributed by atoms with Gasteiger partial charge in [-0.25, -0.2) is 0 Å². The third-order valence-corrected chi connectivity index (χ3v) is 3.56. The van der Waals surface area contributed by atoms with E-state index in [9.17, 15) is 4.79 Å². The van der Waals surface area contributed by atoms with E-state index in [4.69, 9.17) is 20.5 Å². The smallest absolute Gasteiger partial charge is 0.259 e. The number of nitrogens with zero attached hydrogens (tertiary/aromatic N) is 1. The molecule has 0 aliphatic heterocycles. The fourth-order valence-electron chi connectivity index (χ4n) is 1.89. The number of nitriles is 1. The summed E-state index contributed by atoms with van der Waals surface area (Å²) >= 11 is 3.36. The van der Waals surface area contributed by atoms with Gasteiger partial charge in [0.25, 0.3) is 5.91 Å². The minimum atomic E-state index is -0.772. The first-order valence-corrected chi connectivity index (χ1v) is 7.91. The molecule has 0 fully saturated rings. The van der Waals surface area contributed by atoms with E-state index in [0.717, 1.165) is 10.2 Å². The predicted octanol–water partition coefficient (Wildman–Crippen LogP) is 3.30. The Labute approximate surface area is 148 Å². The van der Waals surface area contributed by atoms with E-state index in [-0.39, 0.29) is 5.57 Å². The van der Waals surface area contributed by atoms with Gasteiger partial charge in [-0.2, -0.15) is 5.26 Å². The summed E-state index contributed by atoms with van der Waals surface area (Å²) in [4.78, 5) is 11.2. The first-order chi connectivity index (χ1) is 11.6. The second-order valence-electron chi connectivity index (χ2n) is 4.72. The SMILES string of the molecule is N#C/C(=C\c1ccccc1OCCOc1ccc(Br)cc1)C(N)=O. The molecule has 2 N–H and O–H groups in total. The van der Waals surface area contributed by atoms with Crippen molar-refractivity contribution < 1.29 is 14.3 Å². The average Bonchev–Trinajstić information content (AvgIpc) is 2.59. The van der Waals surface area contributed by atoms with Crippen LogP contribution in [0.1, 0.15) is 5.56 Å². The quantitative estimate of drug-likeness (QED) is 0.449. The minimum absolute atomic E-state index is 0.128. The lowest BCUT2D eigenvalue weighted by atomic mass is 10.1. The summed E-state index contributed by atoms with van der Waals surface area (Å²) in [7, 11) is 0. The van der Waals surface area contributed by atoms with Crippen molar-refractivity contribution in [1.82, 2.24) is 0 Å². The summed E-state index contributed by atoms with van der Waals surface area (Å²) in [5, 5.41) is 8.93. The molecule has 0 aromatic heterocycles. The highest BCUT2D eigenvalue weighted by molar-refractivity contribution is 9.10. The largest absolute Gasteiger partial charge is 0.490 e. The Morgan fingerprint density at radius 2 is 1.79 bits per heavy atom. The Morgan fingerprint density at radius 3 is 2.46 bits per heavy atom. The van der Waals surface area contributed by atoms with Gasteiger partial charge in [-0.05, 0) is 36.4 Å². The number of primary amides is 1. The molecule has 24 heavy (non-hydrogen) atoms. The van der Waals surface area contributed by atoms with Crippen molar-refractivity contribution in [2.45, 2.75) is 0 Å². The maximum atomic E-state index is 11.2. The standard InChI is InChI=1S/C18H15BrN2O3/c19-15-5-7-16(8-6-15)23-9-10-24-17-4-2-1-3-13(17)11-14(12-20)18(21)22/h1-8,11H,9-10H2,(H2,21,22)/b14-11+. The van der Waals surface area contributed by atoms with Crippen LogP contribution < -0.4 is 15.2 Å². The maximum Gasteiger partial charge on any atom is 0.259 e. The fourth-order valence-corrected chi connectivity index (χ4v) is 2.15. The van der Waals surface area contributed by atoms with E-state index in [1.165, 1.54) is 6.08 Å². The highest BCUT2D eigenvalue weighted by Gasteiger charge is 2.07. The van der Waals surface area contributed by atoms with Crippen LogP contribution >= 0.6 is 15.9 Å². The van der Waals surface area contributed by atoms with Gasteiger partial charge in [0.05, 0.1) is 0 Å². The number of hydrogen-bond donors (Lipinski definition) is 1. The summed E-state index contributed by atoms with van der Waals surface area (Å²) in [5.74, 6) is 0.521. The molecule has 0 spiro atoms. The van der Waals surface area contributed by atoms with Crippen LogP contribution in [0.25, 0.3) is 6.08 Å². The van der Waals surface area contributed by atoms with Crippen molar-refractivity contribution >= 4 is 27.9 Å². The highest BCUT2D eigenvalue weighted by atomic mass is 79.9. The van der Waals surface area contributed by atoms with Gasteiger partial charge in [0, 0.05) is 10.0 Å². The highest BCUT2D eigenvalue weighted by Crippen LogP contribution is 2.21. The zero-order valence-corrected chi connectivity index (χ0v) is 14.3. The molecule has 1 amide bonds. The van der Waals surface area contributed by atoms with Crippen molar-refractivity contribution in [2.75, 3.05) is 13.2 Å². The number of carbonyl (C=O) groups excluding carboxylic acids is 1. The lowest BCUT2D eigenvalue weighted by Crippen LogP contribution is -2.13. The summed E-state index contributed by atoms with van der Waals surface area (Å²) < 4.78 is 12.2. The Hall–Kier alpha value is -2.78. The predicted molar refractivity (Wildman–Crippen MR) is 94.4 cm³/mol. The number of amides is 1. The van der Waals surface area contributed by atoms with Gasteiger partial charge < -0.3 is 15.2 Å². The minimum Gasteiger partial charge on any atom is -0.490 e. The van der Waals surface area contributed by atoms with Gasteiger partial charge in [-0.15, -0.1) is 0 Å². The molecule has 2 aromatic carbocycles. The number of ether oxygens (including phenoxy) is 2. The monoisotopic (exact) mass is 386 g/mol. The Bertz CT molecular complexity index is 780. The third-order valence-electron chi connectivity index (χ3n) is 3.03. The number of hydrogen-bond acceptors (Lipinski definition) is 4. The fraction of sp³-hybridized carbons (Fsp3) is 0.111. The second-order valence-corrected chi connectivity index (χ2v) is 5.64. The summed E-state index contributed by atoms with van der Waals surface area (Å²) in [5.41, 5.74) is 5.63. The topological polar surface area (TPSA) is 85.3 Å². The van der Waals surface area contributed by atoms with E-state index >= 15 is 0 Å². The molecular formula is C18H15BrN2O3. The molecule has 6 heteroatoms. The summed E-state index contributed by atoms with van der Waals surface area (Å²) in [6, 6.07) is 16.3. The number of nitrogens with two attached hydrogens (primary N) is 1. The van der Waals surface area contributed by atoms with Gasteiger partial charge in [0.15, 0.2) is 0 Å². The van der Waals surface area contributed by atoms with Gasteiger partial charge in [0.1, 0.15) is 36.4 Å². The van der Waals surface area contributed by atoms with Crippen molar-refractivity contribution in [3.8, 4) is 17.6 Å². The normalized spacial score (nSPS) is 10.8. The van der Waals surface area contributed by atoms with Crippen molar-refractivity contribution in [1.29, 1.82) is 5.26 Å². The van der Waals surface area contributed by atoms with Crippen LogP contribution in [-0.2, 0) is 4.79 Å². The first-order valence-electron chi connectivity index (χ1n) is 7.12. The molecule has 2 aromatic rings. The Balaban J connectivity index is 1.97. The lowest BCUT2D eigenvalue weighted by molar-refractivity contribution is -0.114. The third kappa shape index (κ3) is 5.14. The van der Waals surface area contributed by atoms with Crippen LogP contribution in [0.4, 0.5) is 0 Å². The molecule has 0 saturated carbocycles. The van der Waals surface area contributed by atoms with Crippen molar-refractivity contribution in [3.63, 3.8) is 0 Å². The van der Waals surface area contributed by atoms with E-state index < -0.39 is 5.91 Å². The number of para-hydroxylation sites is 1. The number of rotatable bonds is 7. The summed E-state index contributed by atoms with van der Waals surface area (Å²) in [6.07, 6.45) is 1.41. The molecule has 122 valence electrons. The zero-order valence-electron chi connectivity index (χ0n) is 12.7. The van der Waals surface area contributed by atoms with Crippen molar-refractivity contribution in [2.24, 2.45) is 5.73 Å². The molecule has 0 heterocycles. The van der Waals surface area contributed by atoms with Gasteiger partial charge >= 0.3 is 0 Å². The van der Waals surface area contributed by atoms with Gasteiger partial charge in [-0.1, -0.05) is 34.1 Å². The molecule has 0 radical (unpaired) electrons. The van der Waals surface area contributed by atoms with Crippen LogP contribution in [0.5, 0.6) is 11.5 Å². The molecule has 5 nitrogen and oxygen atoms in total. The molecule has 0 saturated heterocycles. The van der Waals surface area contributed by atoms with Crippen LogP contribution in [0.3, 0.4) is 0 Å². The van der Waals surface area contributed by atoms with Gasteiger partial charge in [0.2, 0.25) is 0 Å². The van der Waals surface area contributed by atoms with E-state index in [1.807, 2.05) is 24.3 Å². The van der Waals surface area contributed by atoms with Crippen LogP contribution in [0, 0.1) is 11.3 Å². The van der Waals surface area contributed by atoms with E-state index in [0.29, 0.717) is 24.5 Å². The Morgan fingerprint density at radius 1 is 1.12 bits per heavy atom. The van der Waals surface area contributed by atoms with E-state index in [1.54, 1.807) is 30.3 Å². The maximum absolute atomic E-state index is 11.2. The molecular weight excluding hydrogens is 372 g/mol. The van der Waals surface area contributed by atoms with Crippen LogP contribution in [0.2, 0.25) is 0 Å². The molecule has 0 aliphatic rings. The molecule has 0 aliphatic carbocycles. The molecule has 0 bridgehead atoms. The van der Waals surface area contributed by atoms with Crippen molar-refractivity contribution in [3.05, 3.63) is 64.1 Å².